The molecule has 1 aliphatic rings. The molecule has 1 saturated heterocycles. The fourth-order valence-corrected chi connectivity index (χ4v) is 2.46. The highest BCUT2D eigenvalue weighted by molar-refractivity contribution is 5.73. The Morgan fingerprint density at radius 1 is 1.22 bits per heavy atom. The second kappa shape index (κ2) is 6.18. The fourth-order valence-electron chi connectivity index (χ4n) is 2.46. The van der Waals surface area contributed by atoms with Crippen molar-refractivity contribution in [2.24, 2.45) is 11.8 Å². The van der Waals surface area contributed by atoms with Crippen LogP contribution < -0.4 is 5.32 Å². The first kappa shape index (κ1) is 15.0. The molecular weight excluding hydrogens is 234 g/mol. The number of hydrogen-bond acceptors (Lipinski definition) is 4. The number of esters is 1. The molecular formula is C13H23NO4. The second-order valence-electron chi connectivity index (χ2n) is 5.01. The highest BCUT2D eigenvalue weighted by Gasteiger charge is 2.42. The largest absolute Gasteiger partial charge is 0.434 e. The van der Waals surface area contributed by atoms with Crippen LogP contribution in [0, 0.1) is 11.8 Å². The predicted octanol–water partition coefficient (Wildman–Crippen LogP) is 1.46. The minimum atomic E-state index is -0.692. The molecule has 5 heteroatoms. The van der Waals surface area contributed by atoms with Gasteiger partial charge >= 0.3 is 5.97 Å². The maximum atomic E-state index is 11.2. The standard InChI is InChI=1S/C13H23NO4/c1-6-11-7(2)8(3)12(14-9(4)15)13(18-11)17-10(5)16/h7-8,11-13H,6H2,1-5H3,(H,14,15). The Kier molecular flexibility index (Phi) is 5.14. The summed E-state index contributed by atoms with van der Waals surface area (Å²) in [7, 11) is 0. The van der Waals surface area contributed by atoms with E-state index in [1.807, 2.05) is 13.8 Å². The van der Waals surface area contributed by atoms with Gasteiger partial charge in [0.05, 0.1) is 12.1 Å². The van der Waals surface area contributed by atoms with E-state index in [1.165, 1.54) is 13.8 Å². The van der Waals surface area contributed by atoms with Gasteiger partial charge in [0, 0.05) is 13.8 Å². The van der Waals surface area contributed by atoms with Crippen LogP contribution in [-0.2, 0) is 19.1 Å². The topological polar surface area (TPSA) is 64.6 Å². The Morgan fingerprint density at radius 2 is 1.83 bits per heavy atom. The van der Waals surface area contributed by atoms with E-state index in [-0.39, 0.29) is 24.0 Å². The smallest absolute Gasteiger partial charge is 0.305 e. The lowest BCUT2D eigenvalue weighted by molar-refractivity contribution is -0.231. The Hall–Kier alpha value is -1.10. The monoisotopic (exact) mass is 257 g/mol. The van der Waals surface area contributed by atoms with Crippen molar-refractivity contribution in [3.05, 3.63) is 0 Å². The average Bonchev–Trinajstić information content (AvgIpc) is 2.27. The van der Waals surface area contributed by atoms with E-state index in [0.29, 0.717) is 5.92 Å². The Bertz CT molecular complexity index is 318. The first-order valence-electron chi connectivity index (χ1n) is 6.46. The minimum absolute atomic E-state index is 0.0503. The molecule has 0 aliphatic carbocycles. The number of carbonyl (C=O) groups excluding carboxylic acids is 2. The van der Waals surface area contributed by atoms with Gasteiger partial charge in [0.15, 0.2) is 0 Å². The lowest BCUT2D eigenvalue weighted by Gasteiger charge is -2.44. The van der Waals surface area contributed by atoms with Crippen molar-refractivity contribution < 1.29 is 19.1 Å². The number of ether oxygens (including phenoxy) is 2. The van der Waals surface area contributed by atoms with E-state index in [1.54, 1.807) is 0 Å². The third-order valence-electron chi connectivity index (χ3n) is 3.64. The summed E-state index contributed by atoms with van der Waals surface area (Å²) in [5, 5.41) is 2.82. The van der Waals surface area contributed by atoms with Gasteiger partial charge in [0.2, 0.25) is 12.2 Å². The molecule has 1 heterocycles. The zero-order valence-electron chi connectivity index (χ0n) is 11.7. The predicted molar refractivity (Wildman–Crippen MR) is 66.7 cm³/mol. The molecule has 0 spiro atoms. The Balaban J connectivity index is 2.86. The molecule has 1 fully saturated rings. The Labute approximate surface area is 108 Å². The van der Waals surface area contributed by atoms with Crippen LogP contribution in [0.5, 0.6) is 0 Å². The third kappa shape index (κ3) is 3.45. The fraction of sp³-hybridized carbons (Fsp3) is 0.846. The van der Waals surface area contributed by atoms with Gasteiger partial charge in [-0.15, -0.1) is 0 Å². The molecule has 0 saturated carbocycles. The number of nitrogens with one attached hydrogen (secondary N) is 1. The molecule has 1 amide bonds. The zero-order chi connectivity index (χ0) is 13.9. The summed E-state index contributed by atoms with van der Waals surface area (Å²) in [6.45, 7) is 8.98. The van der Waals surface area contributed by atoms with Crippen molar-refractivity contribution in [3.8, 4) is 0 Å². The summed E-state index contributed by atoms with van der Waals surface area (Å²) in [5.41, 5.74) is 0. The van der Waals surface area contributed by atoms with E-state index in [4.69, 9.17) is 9.47 Å². The molecule has 5 unspecified atom stereocenters. The lowest BCUT2D eigenvalue weighted by atomic mass is 9.81. The summed E-state index contributed by atoms with van der Waals surface area (Å²) in [4.78, 5) is 22.4. The van der Waals surface area contributed by atoms with E-state index in [2.05, 4.69) is 12.2 Å². The summed E-state index contributed by atoms with van der Waals surface area (Å²) in [5.74, 6) is -0.0442. The molecule has 0 radical (unpaired) electrons. The van der Waals surface area contributed by atoms with Crippen LogP contribution in [0.1, 0.15) is 41.0 Å². The highest BCUT2D eigenvalue weighted by atomic mass is 16.7. The van der Waals surface area contributed by atoms with E-state index in [9.17, 15) is 9.59 Å². The average molecular weight is 257 g/mol. The molecule has 18 heavy (non-hydrogen) atoms. The maximum absolute atomic E-state index is 11.2. The lowest BCUT2D eigenvalue weighted by Crippen LogP contribution is -2.57. The third-order valence-corrected chi connectivity index (χ3v) is 3.64. The number of hydrogen-bond donors (Lipinski definition) is 1. The SMILES string of the molecule is CCC1OC(OC(C)=O)C(NC(C)=O)C(C)C1C. The molecule has 1 rings (SSSR count). The molecule has 1 N–H and O–H groups in total. The van der Waals surface area contributed by atoms with Crippen LogP contribution in [0.4, 0.5) is 0 Å². The van der Waals surface area contributed by atoms with Crippen LogP contribution >= 0.6 is 0 Å². The van der Waals surface area contributed by atoms with E-state index < -0.39 is 12.3 Å². The second-order valence-corrected chi connectivity index (χ2v) is 5.01. The number of carbonyl (C=O) groups is 2. The summed E-state index contributed by atoms with van der Waals surface area (Å²) < 4.78 is 11.0. The van der Waals surface area contributed by atoms with Gasteiger partial charge in [-0.05, 0) is 18.3 Å². The van der Waals surface area contributed by atoms with E-state index in [0.717, 1.165) is 6.42 Å². The van der Waals surface area contributed by atoms with Crippen molar-refractivity contribution in [2.75, 3.05) is 0 Å². The van der Waals surface area contributed by atoms with Crippen molar-refractivity contribution in [2.45, 2.75) is 59.5 Å². The summed E-state index contributed by atoms with van der Waals surface area (Å²) in [6, 6.07) is -0.288. The van der Waals surface area contributed by atoms with Gasteiger partial charge in [-0.25, -0.2) is 0 Å². The quantitative estimate of drug-likeness (QED) is 0.777. The van der Waals surface area contributed by atoms with Crippen LogP contribution in [-0.4, -0.2) is 30.3 Å². The molecule has 0 aromatic carbocycles. The van der Waals surface area contributed by atoms with Gasteiger partial charge in [-0.1, -0.05) is 20.8 Å². The summed E-state index contributed by atoms with van der Waals surface area (Å²) in [6.07, 6.45) is 0.215. The number of rotatable bonds is 3. The molecule has 5 atom stereocenters. The molecule has 1 aliphatic heterocycles. The highest BCUT2D eigenvalue weighted by Crippen LogP contribution is 2.32. The van der Waals surface area contributed by atoms with Gasteiger partial charge < -0.3 is 14.8 Å². The van der Waals surface area contributed by atoms with Crippen molar-refractivity contribution in [3.63, 3.8) is 0 Å². The van der Waals surface area contributed by atoms with Crippen LogP contribution in [0.15, 0.2) is 0 Å². The normalized spacial score (nSPS) is 35.9. The molecule has 5 nitrogen and oxygen atoms in total. The molecule has 0 aromatic heterocycles. The van der Waals surface area contributed by atoms with Gasteiger partial charge in [0.25, 0.3) is 0 Å². The Morgan fingerprint density at radius 3 is 2.28 bits per heavy atom. The maximum Gasteiger partial charge on any atom is 0.305 e. The molecule has 0 bridgehead atoms. The number of amides is 1. The van der Waals surface area contributed by atoms with Crippen LogP contribution in [0.25, 0.3) is 0 Å². The van der Waals surface area contributed by atoms with Crippen molar-refractivity contribution in [1.29, 1.82) is 0 Å². The minimum Gasteiger partial charge on any atom is -0.434 e. The van der Waals surface area contributed by atoms with Gasteiger partial charge in [0.1, 0.15) is 0 Å². The van der Waals surface area contributed by atoms with Gasteiger partial charge in [-0.2, -0.15) is 0 Å². The van der Waals surface area contributed by atoms with E-state index >= 15 is 0 Å². The summed E-state index contributed by atoms with van der Waals surface area (Å²) >= 11 is 0. The van der Waals surface area contributed by atoms with Crippen LogP contribution in [0.3, 0.4) is 0 Å². The van der Waals surface area contributed by atoms with Gasteiger partial charge in [-0.3, -0.25) is 9.59 Å². The first-order valence-corrected chi connectivity index (χ1v) is 6.46. The van der Waals surface area contributed by atoms with Crippen LogP contribution in [0.2, 0.25) is 0 Å². The molecule has 104 valence electrons. The van der Waals surface area contributed by atoms with Crippen molar-refractivity contribution in [1.82, 2.24) is 5.32 Å². The first-order chi connectivity index (χ1) is 8.36. The zero-order valence-corrected chi connectivity index (χ0v) is 11.7. The van der Waals surface area contributed by atoms with Crippen molar-refractivity contribution >= 4 is 11.9 Å². The molecule has 0 aromatic rings.